The van der Waals surface area contributed by atoms with Gasteiger partial charge in [-0.2, -0.15) is 0 Å². The van der Waals surface area contributed by atoms with E-state index in [4.69, 9.17) is 0 Å². The number of nitro groups is 1. The number of para-hydroxylation sites is 1. The predicted molar refractivity (Wildman–Crippen MR) is 97.6 cm³/mol. The molecule has 1 atom stereocenters. The molecule has 0 saturated heterocycles. The first-order valence-corrected chi connectivity index (χ1v) is 9.40. The Hall–Kier alpha value is -2.78. The van der Waals surface area contributed by atoms with Gasteiger partial charge in [0, 0.05) is 17.8 Å². The normalized spacial score (nSPS) is 12.4. The lowest BCUT2D eigenvalue weighted by Crippen LogP contribution is -2.31. The Kier molecular flexibility index (Phi) is 6.06. The molecule has 138 valence electrons. The van der Waals surface area contributed by atoms with Crippen molar-refractivity contribution in [3.63, 3.8) is 0 Å². The second-order valence-electron chi connectivity index (χ2n) is 5.68. The number of hydrogen-bond acceptors (Lipinski definition) is 5. The Morgan fingerprint density at radius 3 is 2.35 bits per heavy atom. The van der Waals surface area contributed by atoms with Gasteiger partial charge in [-0.15, -0.1) is 0 Å². The molecule has 0 bridgehead atoms. The number of carbonyl (C=O) groups excluding carboxylic acids is 1. The van der Waals surface area contributed by atoms with Crippen molar-refractivity contribution < 1.29 is 18.1 Å². The summed E-state index contributed by atoms with van der Waals surface area (Å²) in [6, 6.07) is 11.0. The van der Waals surface area contributed by atoms with Crippen LogP contribution < -0.4 is 10.0 Å². The number of anilines is 1. The van der Waals surface area contributed by atoms with Crippen LogP contribution in [0.3, 0.4) is 0 Å². The highest BCUT2D eigenvalue weighted by molar-refractivity contribution is 7.89. The van der Waals surface area contributed by atoms with E-state index in [0.717, 1.165) is 0 Å². The molecule has 0 saturated carbocycles. The van der Waals surface area contributed by atoms with Crippen LogP contribution >= 0.6 is 0 Å². The van der Waals surface area contributed by atoms with Crippen LogP contribution in [-0.2, 0) is 10.0 Å². The molecule has 0 radical (unpaired) electrons. The van der Waals surface area contributed by atoms with Gasteiger partial charge in [-0.3, -0.25) is 14.9 Å². The lowest BCUT2D eigenvalue weighted by molar-refractivity contribution is -0.385. The Bertz CT molecular complexity index is 910. The van der Waals surface area contributed by atoms with Crippen molar-refractivity contribution in [3.05, 3.63) is 64.2 Å². The Morgan fingerprint density at radius 1 is 1.15 bits per heavy atom. The first-order valence-electron chi connectivity index (χ1n) is 7.91. The summed E-state index contributed by atoms with van der Waals surface area (Å²) >= 11 is 0. The molecule has 2 aromatic carbocycles. The molecule has 0 aliphatic carbocycles. The highest BCUT2D eigenvalue weighted by atomic mass is 32.2. The highest BCUT2D eigenvalue weighted by Gasteiger charge is 2.20. The fraction of sp³-hybridized carbons (Fsp3) is 0.235. The molecule has 9 heteroatoms. The van der Waals surface area contributed by atoms with Gasteiger partial charge in [-0.25, -0.2) is 13.1 Å². The van der Waals surface area contributed by atoms with Gasteiger partial charge in [0.05, 0.1) is 9.82 Å². The summed E-state index contributed by atoms with van der Waals surface area (Å²) in [4.78, 5) is 22.7. The summed E-state index contributed by atoms with van der Waals surface area (Å²) in [5.74, 6) is -0.648. The maximum absolute atomic E-state index is 12.3. The second kappa shape index (κ2) is 8.07. The van der Waals surface area contributed by atoms with Crippen molar-refractivity contribution in [3.8, 4) is 0 Å². The quantitative estimate of drug-likeness (QED) is 0.568. The third-order valence-electron chi connectivity index (χ3n) is 3.74. The van der Waals surface area contributed by atoms with Gasteiger partial charge in [0.15, 0.2) is 0 Å². The number of rotatable bonds is 7. The molecule has 1 amide bonds. The molecule has 2 aromatic rings. The van der Waals surface area contributed by atoms with Crippen LogP contribution in [-0.4, -0.2) is 25.3 Å². The maximum atomic E-state index is 12.3. The number of hydrogen-bond donors (Lipinski definition) is 2. The van der Waals surface area contributed by atoms with Crippen molar-refractivity contribution in [2.45, 2.75) is 31.2 Å². The standard InChI is InChI=1S/C17H19N3O5S/c1-3-12(2)19-26(24,25)14-10-8-13(9-11-14)18-17(21)15-6-4-5-7-16(15)20(22)23/h4-12,19H,3H2,1-2H3,(H,18,21)/t12-/m0/s1. The number of nitrogens with zero attached hydrogens (tertiary/aromatic N) is 1. The van der Waals surface area contributed by atoms with Gasteiger partial charge < -0.3 is 5.32 Å². The fourth-order valence-corrected chi connectivity index (χ4v) is 3.48. The molecule has 0 aliphatic rings. The first-order chi connectivity index (χ1) is 12.2. The van der Waals surface area contributed by atoms with Gasteiger partial charge in [0.2, 0.25) is 10.0 Å². The maximum Gasteiger partial charge on any atom is 0.282 e. The Morgan fingerprint density at radius 2 is 1.77 bits per heavy atom. The summed E-state index contributed by atoms with van der Waals surface area (Å²) in [5, 5.41) is 13.5. The average molecular weight is 377 g/mol. The van der Waals surface area contributed by atoms with Gasteiger partial charge >= 0.3 is 0 Å². The lowest BCUT2D eigenvalue weighted by atomic mass is 10.1. The molecule has 0 spiro atoms. The van der Waals surface area contributed by atoms with Crippen LogP contribution in [0.15, 0.2) is 53.4 Å². The van der Waals surface area contributed by atoms with Crippen molar-refractivity contribution in [1.82, 2.24) is 4.72 Å². The Labute approximate surface area is 151 Å². The first kappa shape index (κ1) is 19.5. The SMILES string of the molecule is CC[C@H](C)NS(=O)(=O)c1ccc(NC(=O)c2ccccc2[N+](=O)[O-])cc1. The van der Waals surface area contributed by atoms with E-state index >= 15 is 0 Å². The largest absolute Gasteiger partial charge is 0.322 e. The molecule has 8 nitrogen and oxygen atoms in total. The minimum absolute atomic E-state index is 0.0708. The zero-order chi connectivity index (χ0) is 19.3. The average Bonchev–Trinajstić information content (AvgIpc) is 2.61. The number of sulfonamides is 1. The summed E-state index contributed by atoms with van der Waals surface area (Å²) in [6.45, 7) is 3.63. The summed E-state index contributed by atoms with van der Waals surface area (Å²) in [7, 11) is -3.64. The fourth-order valence-electron chi connectivity index (χ4n) is 2.16. The van der Waals surface area contributed by atoms with E-state index < -0.39 is 20.9 Å². The topological polar surface area (TPSA) is 118 Å². The molecule has 0 aliphatic heterocycles. The molecule has 0 heterocycles. The smallest absolute Gasteiger partial charge is 0.282 e. The van der Waals surface area contributed by atoms with Gasteiger partial charge in [0.1, 0.15) is 5.56 Å². The summed E-state index contributed by atoms with van der Waals surface area (Å²) in [5.41, 5.74) is -0.0507. The highest BCUT2D eigenvalue weighted by Crippen LogP contribution is 2.20. The number of amides is 1. The van der Waals surface area contributed by atoms with Crippen molar-refractivity contribution >= 4 is 27.3 Å². The molecular formula is C17H19N3O5S. The van der Waals surface area contributed by atoms with Gasteiger partial charge in [-0.05, 0) is 43.7 Å². The molecule has 2 rings (SSSR count). The molecule has 0 unspecified atom stereocenters. The minimum Gasteiger partial charge on any atom is -0.322 e. The third kappa shape index (κ3) is 4.64. The zero-order valence-corrected chi connectivity index (χ0v) is 15.1. The van der Waals surface area contributed by atoms with Crippen LogP contribution in [0.2, 0.25) is 0 Å². The summed E-state index contributed by atoms with van der Waals surface area (Å²) in [6.07, 6.45) is 0.656. The van der Waals surface area contributed by atoms with E-state index in [-0.39, 0.29) is 22.2 Å². The molecule has 0 aromatic heterocycles. The van der Waals surface area contributed by atoms with E-state index in [1.54, 1.807) is 6.92 Å². The van der Waals surface area contributed by atoms with E-state index in [9.17, 15) is 23.3 Å². The van der Waals surface area contributed by atoms with Gasteiger partial charge in [0.25, 0.3) is 11.6 Å². The Balaban J connectivity index is 2.17. The van der Waals surface area contributed by atoms with Crippen LogP contribution in [0, 0.1) is 10.1 Å². The molecule has 26 heavy (non-hydrogen) atoms. The van der Waals surface area contributed by atoms with Gasteiger partial charge in [-0.1, -0.05) is 19.1 Å². The molecular weight excluding hydrogens is 358 g/mol. The van der Waals surface area contributed by atoms with Crippen molar-refractivity contribution in [1.29, 1.82) is 0 Å². The van der Waals surface area contributed by atoms with Crippen LogP contribution in [0.5, 0.6) is 0 Å². The number of nitrogens with one attached hydrogen (secondary N) is 2. The third-order valence-corrected chi connectivity index (χ3v) is 5.34. The van der Waals surface area contributed by atoms with Crippen molar-refractivity contribution in [2.24, 2.45) is 0 Å². The van der Waals surface area contributed by atoms with Crippen LogP contribution in [0.25, 0.3) is 0 Å². The zero-order valence-electron chi connectivity index (χ0n) is 14.3. The van der Waals surface area contributed by atoms with Crippen LogP contribution in [0.4, 0.5) is 11.4 Å². The number of carbonyl (C=O) groups is 1. The van der Waals surface area contributed by atoms with E-state index in [1.807, 2.05) is 6.92 Å². The molecule has 2 N–H and O–H groups in total. The van der Waals surface area contributed by atoms with Crippen LogP contribution in [0.1, 0.15) is 30.6 Å². The second-order valence-corrected chi connectivity index (χ2v) is 7.40. The molecule has 0 fully saturated rings. The monoisotopic (exact) mass is 377 g/mol. The lowest BCUT2D eigenvalue weighted by Gasteiger charge is -2.12. The van der Waals surface area contributed by atoms with E-state index in [1.165, 1.54) is 48.5 Å². The van der Waals surface area contributed by atoms with Crippen molar-refractivity contribution in [2.75, 3.05) is 5.32 Å². The number of benzene rings is 2. The summed E-state index contributed by atoms with van der Waals surface area (Å²) < 4.78 is 26.9. The van der Waals surface area contributed by atoms with E-state index in [2.05, 4.69) is 10.0 Å². The minimum atomic E-state index is -3.64. The predicted octanol–water partition coefficient (Wildman–Crippen LogP) is 2.92. The number of nitro benzene ring substituents is 1. The van der Waals surface area contributed by atoms with E-state index in [0.29, 0.717) is 12.1 Å².